The molecule has 1 aromatic rings. The van der Waals surface area contributed by atoms with Gasteiger partial charge in [-0.25, -0.2) is 0 Å². The summed E-state index contributed by atoms with van der Waals surface area (Å²) in [5.41, 5.74) is -0.192. The summed E-state index contributed by atoms with van der Waals surface area (Å²) in [4.78, 5) is 26.9. The highest BCUT2D eigenvalue weighted by molar-refractivity contribution is 6.00. The van der Waals surface area contributed by atoms with E-state index in [0.29, 0.717) is 12.2 Å². The van der Waals surface area contributed by atoms with Crippen LogP contribution in [0.15, 0.2) is 18.2 Å². The number of hydrogen-bond acceptors (Lipinski definition) is 2. The molecule has 1 fully saturated rings. The second-order valence-corrected chi connectivity index (χ2v) is 5.72. The third kappa shape index (κ3) is 2.34. The molecule has 1 atom stereocenters. The van der Waals surface area contributed by atoms with E-state index in [4.69, 9.17) is 0 Å². The smallest absolute Gasteiger partial charge is 0.345 e. The van der Waals surface area contributed by atoms with Gasteiger partial charge < -0.3 is 9.80 Å². The number of likely N-dealkylation sites (tertiary alicyclic amines) is 1. The largest absolute Gasteiger partial charge is 0.416 e. The summed E-state index contributed by atoms with van der Waals surface area (Å²) in [6, 6.07) is 3.90. The van der Waals surface area contributed by atoms with Crippen LogP contribution < -0.4 is 4.90 Å². The van der Waals surface area contributed by atoms with Crippen molar-refractivity contribution in [2.24, 2.45) is 5.92 Å². The molecule has 1 unspecified atom stereocenters. The van der Waals surface area contributed by atoms with Gasteiger partial charge in [0.05, 0.1) is 11.5 Å². The third-order valence-electron chi connectivity index (χ3n) is 4.29. The van der Waals surface area contributed by atoms with Crippen LogP contribution in [0, 0.1) is 5.92 Å². The highest BCUT2D eigenvalue weighted by Gasteiger charge is 2.40. The molecular weight excluding hydrogens is 297 g/mol. The number of fused-ring (bicyclic) bond motifs is 1. The number of hydrogen-bond donors (Lipinski definition) is 0. The number of amides is 2. The zero-order valence-electron chi connectivity index (χ0n) is 12.0. The van der Waals surface area contributed by atoms with Crippen molar-refractivity contribution in [2.45, 2.75) is 19.0 Å². The Bertz CT molecular complexity index is 642. The highest BCUT2D eigenvalue weighted by atomic mass is 19.4. The first-order chi connectivity index (χ1) is 10.3. The number of carbonyl (C=O) groups is 2. The number of alkyl halides is 3. The van der Waals surface area contributed by atoms with Gasteiger partial charge in [-0.2, -0.15) is 13.2 Å². The lowest BCUT2D eigenvalue weighted by atomic mass is 10.0. The molecule has 1 aromatic carbocycles. The molecule has 0 spiro atoms. The molecule has 118 valence electrons. The molecule has 0 aromatic heterocycles. The second-order valence-electron chi connectivity index (χ2n) is 5.72. The van der Waals surface area contributed by atoms with E-state index in [1.54, 1.807) is 7.05 Å². The number of halogens is 3. The summed E-state index contributed by atoms with van der Waals surface area (Å²) in [7, 11) is 1.62. The van der Waals surface area contributed by atoms with Crippen molar-refractivity contribution in [3.63, 3.8) is 0 Å². The van der Waals surface area contributed by atoms with Crippen molar-refractivity contribution in [3.05, 3.63) is 29.3 Å². The Hall–Kier alpha value is -2.05. The molecule has 7 heteroatoms. The standard InChI is InChI=1S/C15H15F3N2O2/c1-19-8-9(7-13(19)21)14(22)20-6-5-10-11(15(16,17)18)3-2-4-12(10)20/h2-4,9H,5-8H2,1H3. The van der Waals surface area contributed by atoms with Gasteiger partial charge in [-0.3, -0.25) is 9.59 Å². The molecule has 2 aliphatic rings. The molecule has 0 bridgehead atoms. The first kappa shape index (κ1) is 14.9. The minimum Gasteiger partial charge on any atom is -0.345 e. The van der Waals surface area contributed by atoms with Crippen LogP contribution in [-0.4, -0.2) is 36.9 Å². The number of nitrogens with zero attached hydrogens (tertiary/aromatic N) is 2. The van der Waals surface area contributed by atoms with Gasteiger partial charge in [0.1, 0.15) is 0 Å². The molecule has 0 radical (unpaired) electrons. The monoisotopic (exact) mass is 312 g/mol. The molecule has 4 nitrogen and oxygen atoms in total. The molecule has 0 N–H and O–H groups in total. The Morgan fingerprint density at radius 1 is 1.32 bits per heavy atom. The topological polar surface area (TPSA) is 40.6 Å². The van der Waals surface area contributed by atoms with Crippen molar-refractivity contribution in [2.75, 3.05) is 25.0 Å². The van der Waals surface area contributed by atoms with Crippen LogP contribution in [0.1, 0.15) is 17.5 Å². The Labute approximate surface area is 125 Å². The van der Waals surface area contributed by atoms with Gasteiger partial charge in [-0.05, 0) is 24.1 Å². The Balaban J connectivity index is 1.89. The molecule has 1 saturated heterocycles. The first-order valence-corrected chi connectivity index (χ1v) is 7.03. The Kier molecular flexibility index (Phi) is 3.38. The summed E-state index contributed by atoms with van der Waals surface area (Å²) in [6.07, 6.45) is -4.11. The summed E-state index contributed by atoms with van der Waals surface area (Å²) in [5.74, 6) is -0.851. The maximum atomic E-state index is 13.0. The predicted octanol–water partition coefficient (Wildman–Crippen LogP) is 2.07. The number of benzene rings is 1. The van der Waals surface area contributed by atoms with Crippen LogP contribution >= 0.6 is 0 Å². The van der Waals surface area contributed by atoms with Crippen molar-refractivity contribution in [3.8, 4) is 0 Å². The number of anilines is 1. The van der Waals surface area contributed by atoms with E-state index in [1.165, 1.54) is 21.9 Å². The van der Waals surface area contributed by atoms with Crippen LogP contribution in [0.2, 0.25) is 0 Å². The SMILES string of the molecule is CN1CC(C(=O)N2CCc3c2cccc3C(F)(F)F)CC1=O. The summed E-state index contributed by atoms with van der Waals surface area (Å²) < 4.78 is 39.1. The average Bonchev–Trinajstić information content (AvgIpc) is 3.01. The van der Waals surface area contributed by atoms with Crippen molar-refractivity contribution in [1.29, 1.82) is 0 Å². The van der Waals surface area contributed by atoms with Crippen molar-refractivity contribution < 1.29 is 22.8 Å². The lowest BCUT2D eigenvalue weighted by Gasteiger charge is -2.21. The minimum absolute atomic E-state index is 0.109. The van der Waals surface area contributed by atoms with Gasteiger partial charge in [0.2, 0.25) is 11.8 Å². The summed E-state index contributed by atoms with van der Waals surface area (Å²) in [6.45, 7) is 0.554. The molecule has 2 aliphatic heterocycles. The zero-order valence-corrected chi connectivity index (χ0v) is 12.0. The first-order valence-electron chi connectivity index (χ1n) is 7.03. The predicted molar refractivity (Wildman–Crippen MR) is 73.2 cm³/mol. The normalized spacial score (nSPS) is 21.5. The molecule has 3 rings (SSSR count). The fourth-order valence-corrected chi connectivity index (χ4v) is 3.18. The summed E-state index contributed by atoms with van der Waals surface area (Å²) >= 11 is 0. The fraction of sp³-hybridized carbons (Fsp3) is 0.467. The highest BCUT2D eigenvalue weighted by Crippen LogP contribution is 2.40. The molecule has 22 heavy (non-hydrogen) atoms. The van der Waals surface area contributed by atoms with Crippen LogP contribution in [0.4, 0.5) is 18.9 Å². The molecule has 0 saturated carbocycles. The Morgan fingerprint density at radius 3 is 2.64 bits per heavy atom. The maximum absolute atomic E-state index is 13.0. The van der Waals surface area contributed by atoms with Crippen LogP contribution in [0.25, 0.3) is 0 Å². The van der Waals surface area contributed by atoms with Crippen LogP contribution in [-0.2, 0) is 22.2 Å². The van der Waals surface area contributed by atoms with Gasteiger partial charge in [-0.1, -0.05) is 6.07 Å². The lowest BCUT2D eigenvalue weighted by molar-refractivity contribution is -0.138. The number of rotatable bonds is 1. The van der Waals surface area contributed by atoms with E-state index in [0.717, 1.165) is 6.07 Å². The Morgan fingerprint density at radius 2 is 2.05 bits per heavy atom. The van der Waals surface area contributed by atoms with E-state index in [-0.39, 0.29) is 36.8 Å². The van der Waals surface area contributed by atoms with E-state index >= 15 is 0 Å². The molecule has 2 amide bonds. The fourth-order valence-electron chi connectivity index (χ4n) is 3.18. The van der Waals surface area contributed by atoms with Gasteiger partial charge in [-0.15, -0.1) is 0 Å². The minimum atomic E-state index is -4.42. The quantitative estimate of drug-likeness (QED) is 0.796. The molecular formula is C15H15F3N2O2. The molecule has 2 heterocycles. The van der Waals surface area contributed by atoms with Crippen LogP contribution in [0.3, 0.4) is 0 Å². The number of carbonyl (C=O) groups excluding carboxylic acids is 2. The van der Waals surface area contributed by atoms with Crippen molar-refractivity contribution >= 4 is 17.5 Å². The van der Waals surface area contributed by atoms with E-state index in [1.807, 2.05) is 0 Å². The van der Waals surface area contributed by atoms with E-state index in [9.17, 15) is 22.8 Å². The lowest BCUT2D eigenvalue weighted by Crippen LogP contribution is -2.36. The average molecular weight is 312 g/mol. The maximum Gasteiger partial charge on any atom is 0.416 e. The van der Waals surface area contributed by atoms with E-state index < -0.39 is 17.7 Å². The van der Waals surface area contributed by atoms with Gasteiger partial charge >= 0.3 is 6.18 Å². The zero-order chi connectivity index (χ0) is 16.1. The second kappa shape index (κ2) is 5.00. The van der Waals surface area contributed by atoms with Gasteiger partial charge in [0.25, 0.3) is 0 Å². The summed E-state index contributed by atoms with van der Waals surface area (Å²) in [5, 5.41) is 0. The third-order valence-corrected chi connectivity index (χ3v) is 4.29. The van der Waals surface area contributed by atoms with Crippen molar-refractivity contribution in [1.82, 2.24) is 4.90 Å². The van der Waals surface area contributed by atoms with Gasteiger partial charge in [0, 0.05) is 32.2 Å². The van der Waals surface area contributed by atoms with Crippen LogP contribution in [0.5, 0.6) is 0 Å². The van der Waals surface area contributed by atoms with E-state index in [2.05, 4.69) is 0 Å². The van der Waals surface area contributed by atoms with Gasteiger partial charge in [0.15, 0.2) is 0 Å². The molecule has 0 aliphatic carbocycles.